The average Bonchev–Trinajstić information content (AvgIpc) is 1.99. The van der Waals surface area contributed by atoms with Crippen molar-refractivity contribution in [2.24, 2.45) is 11.8 Å². The molecule has 0 aromatic rings. The van der Waals surface area contributed by atoms with E-state index in [1.54, 1.807) is 0 Å². The van der Waals surface area contributed by atoms with Gasteiger partial charge in [0.15, 0.2) is 0 Å². The van der Waals surface area contributed by atoms with Crippen molar-refractivity contribution in [2.75, 3.05) is 20.6 Å². The van der Waals surface area contributed by atoms with Crippen molar-refractivity contribution in [3.05, 3.63) is 0 Å². The molecule has 0 saturated heterocycles. The number of likely N-dealkylation sites (N-methyl/N-ethyl adjacent to an activating group) is 1. The maximum absolute atomic E-state index is 3.67. The van der Waals surface area contributed by atoms with Crippen molar-refractivity contribution >= 4 is 0 Å². The Balaban J connectivity index is 2.20. The first-order chi connectivity index (χ1) is 6.50. The molecule has 0 aliphatic heterocycles. The predicted molar refractivity (Wildman–Crippen MR) is 62.5 cm³/mol. The maximum Gasteiger partial charge on any atom is 0.0237 e. The Morgan fingerprint density at radius 1 is 1.29 bits per heavy atom. The van der Waals surface area contributed by atoms with Crippen molar-refractivity contribution < 1.29 is 0 Å². The average molecular weight is 198 g/mol. The van der Waals surface area contributed by atoms with E-state index in [-0.39, 0.29) is 0 Å². The van der Waals surface area contributed by atoms with Gasteiger partial charge in [0.05, 0.1) is 0 Å². The lowest BCUT2D eigenvalue weighted by Crippen LogP contribution is -2.48. The fourth-order valence-corrected chi connectivity index (χ4v) is 2.37. The van der Waals surface area contributed by atoms with Crippen molar-refractivity contribution in [3.63, 3.8) is 0 Å². The molecular formula is C12H26N2. The zero-order chi connectivity index (χ0) is 10.7. The Morgan fingerprint density at radius 2 is 1.86 bits per heavy atom. The summed E-state index contributed by atoms with van der Waals surface area (Å²) in [7, 11) is 4.35. The highest BCUT2D eigenvalue weighted by molar-refractivity contribution is 4.84. The molecule has 1 N–H and O–H groups in total. The van der Waals surface area contributed by atoms with Crippen molar-refractivity contribution in [1.29, 1.82) is 0 Å². The Hall–Kier alpha value is -0.0800. The molecule has 2 heteroatoms. The van der Waals surface area contributed by atoms with Crippen LogP contribution >= 0.6 is 0 Å². The second-order valence-electron chi connectivity index (χ2n) is 5.46. The molecule has 1 unspecified atom stereocenters. The van der Waals surface area contributed by atoms with E-state index in [9.17, 15) is 0 Å². The molecule has 0 heterocycles. The molecule has 0 radical (unpaired) electrons. The molecule has 1 saturated carbocycles. The Bertz CT molecular complexity index is 152. The largest absolute Gasteiger partial charge is 0.312 e. The van der Waals surface area contributed by atoms with Crippen LogP contribution in [0.5, 0.6) is 0 Å². The fraction of sp³-hybridized carbons (Fsp3) is 1.00. The highest BCUT2D eigenvalue weighted by Gasteiger charge is 2.26. The van der Waals surface area contributed by atoms with E-state index in [2.05, 4.69) is 45.1 Å². The van der Waals surface area contributed by atoms with E-state index in [0.29, 0.717) is 6.04 Å². The minimum Gasteiger partial charge on any atom is -0.312 e. The maximum atomic E-state index is 3.67. The van der Waals surface area contributed by atoms with Crippen LogP contribution in [0.4, 0.5) is 0 Å². The normalized spacial score (nSPS) is 29.4. The summed E-state index contributed by atoms with van der Waals surface area (Å²) in [6, 6.07) is 1.47. The van der Waals surface area contributed by atoms with Gasteiger partial charge in [-0.15, -0.1) is 0 Å². The SMILES string of the molecule is CC1CC(NCC(C(C)C)N(C)C)C1. The molecule has 1 aliphatic carbocycles. The quantitative estimate of drug-likeness (QED) is 0.726. The molecule has 84 valence electrons. The Labute approximate surface area is 89.1 Å². The summed E-state index contributed by atoms with van der Waals surface area (Å²) in [5.41, 5.74) is 0. The lowest BCUT2D eigenvalue weighted by Gasteiger charge is -2.36. The highest BCUT2D eigenvalue weighted by atomic mass is 15.1. The predicted octanol–water partition coefficient (Wildman–Crippen LogP) is 1.96. The number of rotatable bonds is 5. The van der Waals surface area contributed by atoms with Crippen molar-refractivity contribution in [1.82, 2.24) is 10.2 Å². The van der Waals surface area contributed by atoms with Crippen molar-refractivity contribution in [3.8, 4) is 0 Å². The van der Waals surface area contributed by atoms with E-state index in [1.807, 2.05) is 0 Å². The molecule has 1 atom stereocenters. The lowest BCUT2D eigenvalue weighted by atomic mass is 9.81. The molecule has 0 spiro atoms. The third-order valence-corrected chi connectivity index (χ3v) is 3.42. The van der Waals surface area contributed by atoms with Gasteiger partial charge in [-0.1, -0.05) is 20.8 Å². The molecule has 1 aliphatic rings. The topological polar surface area (TPSA) is 15.3 Å². The number of nitrogens with one attached hydrogen (secondary N) is 1. The summed E-state index contributed by atoms with van der Waals surface area (Å²) >= 11 is 0. The van der Waals surface area contributed by atoms with E-state index in [1.165, 1.54) is 12.8 Å². The van der Waals surface area contributed by atoms with Gasteiger partial charge in [0.1, 0.15) is 0 Å². The molecule has 1 fully saturated rings. The zero-order valence-electron chi connectivity index (χ0n) is 10.4. The Morgan fingerprint density at radius 3 is 2.21 bits per heavy atom. The summed E-state index contributed by atoms with van der Waals surface area (Å²) in [4.78, 5) is 2.33. The molecule has 1 rings (SSSR count). The van der Waals surface area contributed by atoms with Crippen LogP contribution in [0.25, 0.3) is 0 Å². The lowest BCUT2D eigenvalue weighted by molar-refractivity contribution is 0.184. The van der Waals surface area contributed by atoms with Gasteiger partial charge in [-0.2, -0.15) is 0 Å². The first-order valence-corrected chi connectivity index (χ1v) is 5.90. The minimum absolute atomic E-state index is 0.672. The van der Waals surface area contributed by atoms with E-state index in [4.69, 9.17) is 0 Å². The molecule has 0 aromatic heterocycles. The second-order valence-corrected chi connectivity index (χ2v) is 5.46. The van der Waals surface area contributed by atoms with Crippen molar-refractivity contribution in [2.45, 2.75) is 45.7 Å². The monoisotopic (exact) mass is 198 g/mol. The van der Waals surface area contributed by atoms with Gasteiger partial charge in [-0.25, -0.2) is 0 Å². The second kappa shape index (κ2) is 5.13. The minimum atomic E-state index is 0.672. The van der Waals surface area contributed by atoms with E-state index < -0.39 is 0 Å². The summed E-state index contributed by atoms with van der Waals surface area (Å²) in [5.74, 6) is 1.68. The van der Waals surface area contributed by atoms with Crippen LogP contribution in [-0.4, -0.2) is 37.6 Å². The standard InChI is InChI=1S/C12H26N2/c1-9(2)12(14(4)5)8-13-11-6-10(3)7-11/h9-13H,6-8H2,1-5H3. The third-order valence-electron chi connectivity index (χ3n) is 3.42. The van der Waals surface area contributed by atoms with Gasteiger partial charge in [0.25, 0.3) is 0 Å². The van der Waals surface area contributed by atoms with Gasteiger partial charge in [-0.05, 0) is 38.8 Å². The highest BCUT2D eigenvalue weighted by Crippen LogP contribution is 2.26. The number of hydrogen-bond donors (Lipinski definition) is 1. The van der Waals surface area contributed by atoms with Gasteiger partial charge < -0.3 is 10.2 Å². The van der Waals surface area contributed by atoms with Crippen LogP contribution in [0.2, 0.25) is 0 Å². The summed E-state index contributed by atoms with van der Waals surface area (Å²) in [6.45, 7) is 8.08. The molecule has 0 bridgehead atoms. The zero-order valence-corrected chi connectivity index (χ0v) is 10.4. The van der Waals surface area contributed by atoms with Crippen LogP contribution in [0.3, 0.4) is 0 Å². The van der Waals surface area contributed by atoms with Crippen LogP contribution in [0.1, 0.15) is 33.6 Å². The van der Waals surface area contributed by atoms with Crippen LogP contribution in [-0.2, 0) is 0 Å². The van der Waals surface area contributed by atoms with Crippen LogP contribution in [0, 0.1) is 11.8 Å². The first kappa shape index (κ1) is 12.0. The van der Waals surface area contributed by atoms with E-state index in [0.717, 1.165) is 24.4 Å². The van der Waals surface area contributed by atoms with Gasteiger partial charge in [0, 0.05) is 18.6 Å². The Kier molecular flexibility index (Phi) is 4.39. The third kappa shape index (κ3) is 3.25. The van der Waals surface area contributed by atoms with E-state index >= 15 is 0 Å². The first-order valence-electron chi connectivity index (χ1n) is 5.90. The summed E-state index contributed by atoms with van der Waals surface area (Å²) in [6.07, 6.45) is 2.75. The van der Waals surface area contributed by atoms with Crippen LogP contribution < -0.4 is 5.32 Å². The molecular weight excluding hydrogens is 172 g/mol. The van der Waals surface area contributed by atoms with Gasteiger partial charge in [-0.3, -0.25) is 0 Å². The molecule has 14 heavy (non-hydrogen) atoms. The van der Waals surface area contributed by atoms with Gasteiger partial charge >= 0.3 is 0 Å². The number of hydrogen-bond acceptors (Lipinski definition) is 2. The summed E-state index contributed by atoms with van der Waals surface area (Å²) in [5, 5.41) is 3.67. The molecule has 0 aromatic carbocycles. The molecule has 2 nitrogen and oxygen atoms in total. The molecule has 0 amide bonds. The fourth-order valence-electron chi connectivity index (χ4n) is 2.37. The number of nitrogens with zero attached hydrogens (tertiary/aromatic N) is 1. The van der Waals surface area contributed by atoms with Crippen LogP contribution in [0.15, 0.2) is 0 Å². The smallest absolute Gasteiger partial charge is 0.0237 e. The van der Waals surface area contributed by atoms with Gasteiger partial charge in [0.2, 0.25) is 0 Å². The summed E-state index contributed by atoms with van der Waals surface area (Å²) < 4.78 is 0.